The van der Waals surface area contributed by atoms with Crippen LogP contribution in [-0.4, -0.2) is 28.1 Å². The van der Waals surface area contributed by atoms with Crippen molar-refractivity contribution in [2.24, 2.45) is 0 Å². The molecule has 154 valence electrons. The van der Waals surface area contributed by atoms with Crippen molar-refractivity contribution in [1.29, 1.82) is 0 Å². The van der Waals surface area contributed by atoms with E-state index in [1.807, 2.05) is 24.5 Å². The number of aromatic nitrogens is 4. The van der Waals surface area contributed by atoms with Gasteiger partial charge in [-0.25, -0.2) is 18.1 Å². The van der Waals surface area contributed by atoms with E-state index in [-0.39, 0.29) is 17.3 Å². The SMILES string of the molecule is O=S(=O)(NCc1nc(-c2ccc3c(c2)ncn3C2CCCC2)no1)c1ccccc1. The molecule has 1 saturated carbocycles. The maximum atomic E-state index is 12.3. The van der Waals surface area contributed by atoms with Crippen LogP contribution in [0.25, 0.3) is 22.4 Å². The highest BCUT2D eigenvalue weighted by Crippen LogP contribution is 2.32. The number of sulfonamides is 1. The molecule has 9 heteroatoms. The monoisotopic (exact) mass is 423 g/mol. The standard InChI is InChI=1S/C21H21N5O3S/c27-30(28,17-8-2-1-3-9-17)23-13-20-24-21(25-29-20)15-10-11-19-18(12-15)22-14-26(19)16-6-4-5-7-16/h1-3,8-12,14,16,23H,4-7,13H2. The molecule has 0 radical (unpaired) electrons. The second kappa shape index (κ2) is 7.66. The number of benzene rings is 2. The minimum Gasteiger partial charge on any atom is -0.338 e. The van der Waals surface area contributed by atoms with Crippen molar-refractivity contribution < 1.29 is 12.9 Å². The van der Waals surface area contributed by atoms with Crippen LogP contribution >= 0.6 is 0 Å². The van der Waals surface area contributed by atoms with Crippen LogP contribution < -0.4 is 4.72 Å². The minimum atomic E-state index is -3.64. The summed E-state index contributed by atoms with van der Waals surface area (Å²) in [6.07, 6.45) is 6.83. The Morgan fingerprint density at radius 1 is 1.10 bits per heavy atom. The first kappa shape index (κ1) is 19.0. The van der Waals surface area contributed by atoms with Gasteiger partial charge in [0.1, 0.15) is 0 Å². The van der Waals surface area contributed by atoms with E-state index < -0.39 is 10.0 Å². The van der Waals surface area contributed by atoms with Crippen LogP contribution in [0.15, 0.2) is 64.3 Å². The molecular formula is C21H21N5O3S. The summed E-state index contributed by atoms with van der Waals surface area (Å²) < 4.78 is 34.6. The molecule has 0 amide bonds. The Kier molecular flexibility index (Phi) is 4.84. The number of fused-ring (bicyclic) bond motifs is 1. The molecule has 0 unspecified atom stereocenters. The van der Waals surface area contributed by atoms with Crippen LogP contribution in [0, 0.1) is 0 Å². The molecule has 2 aromatic heterocycles. The minimum absolute atomic E-state index is 0.0806. The van der Waals surface area contributed by atoms with E-state index >= 15 is 0 Å². The average Bonchev–Trinajstić information content (AvgIpc) is 3.52. The molecule has 0 atom stereocenters. The van der Waals surface area contributed by atoms with Crippen LogP contribution in [-0.2, 0) is 16.6 Å². The molecule has 0 spiro atoms. The summed E-state index contributed by atoms with van der Waals surface area (Å²) >= 11 is 0. The number of hydrogen-bond donors (Lipinski definition) is 1. The second-order valence-corrected chi connectivity index (χ2v) is 9.21. The number of imidazole rings is 1. The Morgan fingerprint density at radius 2 is 1.90 bits per heavy atom. The highest BCUT2D eigenvalue weighted by molar-refractivity contribution is 7.89. The number of rotatable bonds is 6. The van der Waals surface area contributed by atoms with Gasteiger partial charge in [0.15, 0.2) is 0 Å². The smallest absolute Gasteiger partial charge is 0.242 e. The second-order valence-electron chi connectivity index (χ2n) is 7.44. The van der Waals surface area contributed by atoms with E-state index in [9.17, 15) is 8.42 Å². The van der Waals surface area contributed by atoms with Gasteiger partial charge in [-0.2, -0.15) is 4.98 Å². The first-order valence-electron chi connectivity index (χ1n) is 9.94. The summed E-state index contributed by atoms with van der Waals surface area (Å²) in [5.74, 6) is 0.599. The predicted molar refractivity (Wildman–Crippen MR) is 111 cm³/mol. The van der Waals surface area contributed by atoms with Gasteiger partial charge < -0.3 is 9.09 Å². The van der Waals surface area contributed by atoms with E-state index in [4.69, 9.17) is 4.52 Å². The summed E-state index contributed by atoms with van der Waals surface area (Å²) in [7, 11) is -3.64. The lowest BCUT2D eigenvalue weighted by Crippen LogP contribution is -2.23. The molecule has 1 aliphatic carbocycles. The van der Waals surface area contributed by atoms with Crippen molar-refractivity contribution in [3.8, 4) is 11.4 Å². The Hall–Kier alpha value is -3.04. The fourth-order valence-corrected chi connectivity index (χ4v) is 4.92. The molecule has 1 fully saturated rings. The lowest BCUT2D eigenvalue weighted by Gasteiger charge is -2.11. The van der Waals surface area contributed by atoms with Gasteiger partial charge in [-0.05, 0) is 43.2 Å². The third-order valence-corrected chi connectivity index (χ3v) is 6.90. The molecule has 30 heavy (non-hydrogen) atoms. The lowest BCUT2D eigenvalue weighted by atomic mass is 10.1. The Bertz CT molecular complexity index is 1270. The number of hydrogen-bond acceptors (Lipinski definition) is 6. The van der Waals surface area contributed by atoms with Gasteiger partial charge in [-0.15, -0.1) is 0 Å². The van der Waals surface area contributed by atoms with Crippen molar-refractivity contribution in [2.75, 3.05) is 0 Å². The van der Waals surface area contributed by atoms with Crippen molar-refractivity contribution in [3.05, 3.63) is 60.7 Å². The molecular weight excluding hydrogens is 402 g/mol. The maximum Gasteiger partial charge on any atom is 0.242 e. The molecule has 1 aliphatic rings. The largest absolute Gasteiger partial charge is 0.338 e. The van der Waals surface area contributed by atoms with E-state index in [1.54, 1.807) is 18.2 Å². The molecule has 1 N–H and O–H groups in total. The Balaban J connectivity index is 1.33. The summed E-state index contributed by atoms with van der Waals surface area (Å²) in [6, 6.07) is 14.6. The van der Waals surface area contributed by atoms with Gasteiger partial charge in [0, 0.05) is 11.6 Å². The molecule has 8 nitrogen and oxygen atoms in total. The zero-order chi connectivity index (χ0) is 20.6. The third kappa shape index (κ3) is 3.61. The van der Waals surface area contributed by atoms with Gasteiger partial charge in [0.05, 0.1) is 28.8 Å². The fraction of sp³-hybridized carbons (Fsp3) is 0.286. The Morgan fingerprint density at radius 3 is 2.70 bits per heavy atom. The van der Waals surface area contributed by atoms with E-state index in [0.717, 1.165) is 16.6 Å². The quantitative estimate of drug-likeness (QED) is 0.507. The topological polar surface area (TPSA) is 103 Å². The molecule has 4 aromatic rings. The first-order valence-corrected chi connectivity index (χ1v) is 11.4. The van der Waals surface area contributed by atoms with Gasteiger partial charge in [0.2, 0.25) is 21.7 Å². The van der Waals surface area contributed by atoms with Crippen LogP contribution in [0.2, 0.25) is 0 Å². The highest BCUT2D eigenvalue weighted by atomic mass is 32.2. The summed E-state index contributed by atoms with van der Waals surface area (Å²) in [6.45, 7) is -0.0806. The molecule has 0 bridgehead atoms. The van der Waals surface area contributed by atoms with E-state index in [1.165, 1.54) is 37.8 Å². The molecule has 0 saturated heterocycles. The van der Waals surface area contributed by atoms with Gasteiger partial charge >= 0.3 is 0 Å². The highest BCUT2D eigenvalue weighted by Gasteiger charge is 2.20. The first-order chi connectivity index (χ1) is 14.6. The normalized spacial score (nSPS) is 15.2. The summed E-state index contributed by atoms with van der Waals surface area (Å²) in [5, 5.41) is 4.00. The van der Waals surface area contributed by atoms with Crippen molar-refractivity contribution in [1.82, 2.24) is 24.4 Å². The van der Waals surface area contributed by atoms with Gasteiger partial charge in [-0.3, -0.25) is 0 Å². The zero-order valence-corrected chi connectivity index (χ0v) is 17.0. The van der Waals surface area contributed by atoms with Crippen LogP contribution in [0.5, 0.6) is 0 Å². The predicted octanol–water partition coefficient (Wildman–Crippen LogP) is 3.68. The van der Waals surface area contributed by atoms with E-state index in [2.05, 4.69) is 24.4 Å². The molecule has 5 rings (SSSR count). The molecule has 2 heterocycles. The van der Waals surface area contributed by atoms with Crippen molar-refractivity contribution >= 4 is 21.1 Å². The van der Waals surface area contributed by atoms with Crippen LogP contribution in [0.1, 0.15) is 37.6 Å². The molecule has 2 aromatic carbocycles. The summed E-state index contributed by atoms with van der Waals surface area (Å²) in [5.41, 5.74) is 2.76. The lowest BCUT2D eigenvalue weighted by molar-refractivity contribution is 0.376. The Labute approximate surface area is 174 Å². The van der Waals surface area contributed by atoms with Gasteiger partial charge in [0.25, 0.3) is 0 Å². The van der Waals surface area contributed by atoms with Gasteiger partial charge in [-0.1, -0.05) is 36.2 Å². The van der Waals surface area contributed by atoms with Crippen LogP contribution in [0.3, 0.4) is 0 Å². The van der Waals surface area contributed by atoms with Crippen molar-refractivity contribution in [2.45, 2.75) is 43.2 Å². The zero-order valence-electron chi connectivity index (χ0n) is 16.2. The van der Waals surface area contributed by atoms with Crippen molar-refractivity contribution in [3.63, 3.8) is 0 Å². The number of nitrogens with zero attached hydrogens (tertiary/aromatic N) is 4. The third-order valence-electron chi connectivity index (χ3n) is 5.49. The number of nitrogens with one attached hydrogen (secondary N) is 1. The maximum absolute atomic E-state index is 12.3. The van der Waals surface area contributed by atoms with E-state index in [0.29, 0.717) is 11.9 Å². The fourth-order valence-electron chi connectivity index (χ4n) is 3.93. The molecule has 0 aliphatic heterocycles. The van der Waals surface area contributed by atoms with Crippen LogP contribution in [0.4, 0.5) is 0 Å². The summed E-state index contributed by atoms with van der Waals surface area (Å²) in [4.78, 5) is 9.06. The average molecular weight is 423 g/mol.